The molecule has 7 heteroatoms. The molecule has 0 bridgehead atoms. The highest BCUT2D eigenvalue weighted by molar-refractivity contribution is 6.34. The molecule has 1 aromatic carbocycles. The first-order valence-corrected chi connectivity index (χ1v) is 7.89. The molecule has 0 spiro atoms. The maximum atomic E-state index is 12.6. The van der Waals surface area contributed by atoms with Gasteiger partial charge in [0.2, 0.25) is 0 Å². The van der Waals surface area contributed by atoms with Gasteiger partial charge in [0.05, 0.1) is 0 Å². The van der Waals surface area contributed by atoms with E-state index in [4.69, 9.17) is 7.85 Å². The molecule has 2 radical (unpaired) electrons. The predicted octanol–water partition coefficient (Wildman–Crippen LogP) is 0.565. The lowest BCUT2D eigenvalue weighted by atomic mass is 9.88. The van der Waals surface area contributed by atoms with Crippen molar-refractivity contribution in [2.24, 2.45) is 7.05 Å². The second-order valence-corrected chi connectivity index (χ2v) is 5.56. The molecule has 0 fully saturated rings. The maximum Gasteiger partial charge on any atom is 0.330 e. The summed E-state index contributed by atoms with van der Waals surface area (Å²) in [5, 5.41) is 2.73. The molecule has 1 amide bonds. The molecule has 0 saturated carbocycles. The Balaban J connectivity index is 2.46. The first-order valence-electron chi connectivity index (χ1n) is 7.89. The number of aromatic nitrogens is 2. The highest BCUT2D eigenvalue weighted by Crippen LogP contribution is 2.14. The fourth-order valence-electron chi connectivity index (χ4n) is 2.59. The van der Waals surface area contributed by atoms with Crippen LogP contribution in [0.25, 0.3) is 0 Å². The summed E-state index contributed by atoms with van der Waals surface area (Å²) in [6.07, 6.45) is 2.69. The summed E-state index contributed by atoms with van der Waals surface area (Å²) in [5.74, 6) is -0.555. The van der Waals surface area contributed by atoms with Gasteiger partial charge in [-0.1, -0.05) is 31.4 Å². The summed E-state index contributed by atoms with van der Waals surface area (Å²) in [5.41, 5.74) is 0.833. The Bertz CT molecular complexity index is 884. The normalized spacial score (nSPS) is 10.6. The molecule has 124 valence electrons. The van der Waals surface area contributed by atoms with Crippen LogP contribution in [-0.4, -0.2) is 22.9 Å². The number of carbonyl (C=O) groups excluding carboxylic acids is 1. The largest absolute Gasteiger partial charge is 0.330 e. The Morgan fingerprint density at radius 1 is 1.25 bits per heavy atom. The molecular weight excluding hydrogens is 305 g/mol. The Kier molecular flexibility index (Phi) is 5.44. The number of anilines is 1. The van der Waals surface area contributed by atoms with Gasteiger partial charge in [0.1, 0.15) is 13.4 Å². The van der Waals surface area contributed by atoms with Gasteiger partial charge in [-0.2, -0.15) is 0 Å². The van der Waals surface area contributed by atoms with Crippen LogP contribution in [0.2, 0.25) is 0 Å². The van der Waals surface area contributed by atoms with Gasteiger partial charge in [-0.25, -0.2) is 4.79 Å². The van der Waals surface area contributed by atoms with Gasteiger partial charge in [-0.05, 0) is 24.5 Å². The van der Waals surface area contributed by atoms with Crippen molar-refractivity contribution in [1.29, 1.82) is 0 Å². The lowest BCUT2D eigenvalue weighted by Gasteiger charge is -2.14. The minimum atomic E-state index is -0.619. The smallest absolute Gasteiger partial charge is 0.322 e. The number of hydrogen-bond acceptors (Lipinski definition) is 3. The first kappa shape index (κ1) is 17.8. The van der Waals surface area contributed by atoms with E-state index in [2.05, 4.69) is 5.32 Å². The van der Waals surface area contributed by atoms with Gasteiger partial charge in [-0.3, -0.25) is 18.7 Å². The molecule has 1 heterocycles. The van der Waals surface area contributed by atoms with Gasteiger partial charge >= 0.3 is 5.69 Å². The standard InChI is InChI=1S/C17H20BN3O3/c1-4-9-21-10-12(16(23)20(3)17(21)24)15(22)19-14-8-6-7-13(18)11(14)5-2/h6-8,10H,4-5,9H2,1-3H3,(H,19,22). The monoisotopic (exact) mass is 325 g/mol. The van der Waals surface area contributed by atoms with Gasteiger partial charge in [0.25, 0.3) is 11.5 Å². The van der Waals surface area contributed by atoms with E-state index in [0.29, 0.717) is 30.5 Å². The van der Waals surface area contributed by atoms with E-state index in [1.807, 2.05) is 13.8 Å². The molecular formula is C17H20BN3O3. The molecule has 1 N–H and O–H groups in total. The van der Waals surface area contributed by atoms with Crippen molar-refractivity contribution in [2.75, 3.05) is 5.32 Å². The number of benzene rings is 1. The Morgan fingerprint density at radius 2 is 1.96 bits per heavy atom. The van der Waals surface area contributed by atoms with Crippen molar-refractivity contribution in [1.82, 2.24) is 9.13 Å². The predicted molar refractivity (Wildman–Crippen MR) is 95.4 cm³/mol. The van der Waals surface area contributed by atoms with Crippen molar-refractivity contribution in [2.45, 2.75) is 33.2 Å². The number of carbonyl (C=O) groups is 1. The molecule has 2 aromatic rings. The summed E-state index contributed by atoms with van der Waals surface area (Å²) in [6.45, 7) is 4.28. The Labute approximate surface area is 141 Å². The third-order valence-corrected chi connectivity index (χ3v) is 3.88. The van der Waals surface area contributed by atoms with Crippen molar-refractivity contribution in [3.8, 4) is 0 Å². The summed E-state index contributed by atoms with van der Waals surface area (Å²) in [4.78, 5) is 36.9. The maximum absolute atomic E-state index is 12.6. The number of amides is 1. The highest BCUT2D eigenvalue weighted by atomic mass is 16.2. The van der Waals surface area contributed by atoms with Crippen LogP contribution >= 0.6 is 0 Å². The third kappa shape index (κ3) is 3.35. The van der Waals surface area contributed by atoms with Crippen molar-refractivity contribution >= 4 is 24.9 Å². The van der Waals surface area contributed by atoms with Crippen LogP contribution in [0.1, 0.15) is 36.2 Å². The van der Waals surface area contributed by atoms with Crippen LogP contribution in [0, 0.1) is 0 Å². The van der Waals surface area contributed by atoms with E-state index in [9.17, 15) is 14.4 Å². The van der Waals surface area contributed by atoms with E-state index < -0.39 is 17.2 Å². The topological polar surface area (TPSA) is 73.1 Å². The number of nitrogens with zero attached hydrogens (tertiary/aromatic N) is 2. The minimum Gasteiger partial charge on any atom is -0.322 e. The zero-order valence-corrected chi connectivity index (χ0v) is 14.1. The molecule has 1 aromatic heterocycles. The molecule has 0 aliphatic carbocycles. The van der Waals surface area contributed by atoms with Gasteiger partial charge < -0.3 is 5.32 Å². The fraction of sp³-hybridized carbons (Fsp3) is 0.353. The summed E-state index contributed by atoms with van der Waals surface area (Å²) in [6, 6.07) is 5.23. The van der Waals surface area contributed by atoms with Crippen molar-refractivity contribution < 1.29 is 4.79 Å². The SMILES string of the molecule is [B]c1cccc(NC(=O)c2cn(CCC)c(=O)n(C)c2=O)c1CC. The average molecular weight is 325 g/mol. The van der Waals surface area contributed by atoms with Crippen LogP contribution in [0.3, 0.4) is 0 Å². The number of aryl methyl sites for hydroxylation is 1. The van der Waals surface area contributed by atoms with E-state index in [1.54, 1.807) is 18.2 Å². The number of hydrogen-bond donors (Lipinski definition) is 1. The molecule has 6 nitrogen and oxygen atoms in total. The highest BCUT2D eigenvalue weighted by Gasteiger charge is 2.17. The van der Waals surface area contributed by atoms with Crippen LogP contribution in [0.15, 0.2) is 34.0 Å². The van der Waals surface area contributed by atoms with Crippen LogP contribution in [0.4, 0.5) is 5.69 Å². The zero-order valence-electron chi connectivity index (χ0n) is 14.1. The van der Waals surface area contributed by atoms with Crippen LogP contribution < -0.4 is 22.0 Å². The first-order chi connectivity index (χ1) is 11.4. The minimum absolute atomic E-state index is 0.0740. The van der Waals surface area contributed by atoms with E-state index in [-0.39, 0.29) is 5.56 Å². The summed E-state index contributed by atoms with van der Waals surface area (Å²) in [7, 11) is 7.29. The van der Waals surface area contributed by atoms with Crippen molar-refractivity contribution in [3.63, 3.8) is 0 Å². The zero-order chi connectivity index (χ0) is 17.9. The van der Waals surface area contributed by atoms with E-state index >= 15 is 0 Å². The lowest BCUT2D eigenvalue weighted by Crippen LogP contribution is -2.41. The second-order valence-electron chi connectivity index (χ2n) is 5.56. The summed E-state index contributed by atoms with van der Waals surface area (Å²) < 4.78 is 2.32. The number of nitrogens with one attached hydrogen (secondary N) is 1. The lowest BCUT2D eigenvalue weighted by molar-refractivity contribution is 0.102. The van der Waals surface area contributed by atoms with E-state index in [1.165, 1.54) is 17.8 Å². The molecule has 0 unspecified atom stereocenters. The van der Waals surface area contributed by atoms with Gasteiger partial charge in [0.15, 0.2) is 0 Å². The Hall–Kier alpha value is -2.57. The van der Waals surface area contributed by atoms with Gasteiger partial charge in [-0.15, -0.1) is 0 Å². The fourth-order valence-corrected chi connectivity index (χ4v) is 2.59. The van der Waals surface area contributed by atoms with E-state index in [0.717, 1.165) is 10.1 Å². The second kappa shape index (κ2) is 7.34. The van der Waals surface area contributed by atoms with Crippen LogP contribution in [0.5, 0.6) is 0 Å². The molecule has 0 aliphatic heterocycles. The Morgan fingerprint density at radius 3 is 2.58 bits per heavy atom. The quantitative estimate of drug-likeness (QED) is 0.817. The van der Waals surface area contributed by atoms with Crippen LogP contribution in [-0.2, 0) is 20.0 Å². The molecule has 2 rings (SSSR count). The molecule has 0 atom stereocenters. The van der Waals surface area contributed by atoms with Gasteiger partial charge in [0, 0.05) is 25.5 Å². The molecule has 0 aliphatic rings. The number of rotatable bonds is 5. The third-order valence-electron chi connectivity index (χ3n) is 3.88. The summed E-state index contributed by atoms with van der Waals surface area (Å²) >= 11 is 0. The average Bonchev–Trinajstić information content (AvgIpc) is 2.55. The van der Waals surface area contributed by atoms with Crippen molar-refractivity contribution in [3.05, 3.63) is 56.4 Å². The molecule has 0 saturated heterocycles. The molecule has 24 heavy (non-hydrogen) atoms.